The summed E-state index contributed by atoms with van der Waals surface area (Å²) < 4.78 is 5.44. The lowest BCUT2D eigenvalue weighted by Crippen LogP contribution is -2.14. The molecule has 0 aliphatic heterocycles. The van der Waals surface area contributed by atoms with Gasteiger partial charge in [-0.3, -0.25) is 14.9 Å². The van der Waals surface area contributed by atoms with Crippen molar-refractivity contribution in [2.45, 2.75) is 11.3 Å². The number of carbonyl (C=O) groups is 2. The molecule has 24 heavy (non-hydrogen) atoms. The molecule has 0 bridgehead atoms. The van der Waals surface area contributed by atoms with Gasteiger partial charge in [0.25, 0.3) is 5.91 Å². The Kier molecular flexibility index (Phi) is 6.56. The molecule has 0 unspecified atom stereocenters. The van der Waals surface area contributed by atoms with Gasteiger partial charge in [-0.1, -0.05) is 29.2 Å². The Morgan fingerprint density at radius 3 is 2.83 bits per heavy atom. The van der Waals surface area contributed by atoms with Gasteiger partial charge in [0.15, 0.2) is 4.34 Å². The largest absolute Gasteiger partial charge is 0.465 e. The summed E-state index contributed by atoms with van der Waals surface area (Å²) in [5, 5.41) is 11.0. The molecule has 2 rings (SSSR count). The molecule has 128 valence electrons. The molecule has 1 aromatic heterocycles. The SMILES string of the molecule is CCOC(=O)CSc1nnc(NC(=O)c2cccc(N(C)C)c2)s1. The van der Waals surface area contributed by atoms with Gasteiger partial charge in [-0.15, -0.1) is 10.2 Å². The minimum Gasteiger partial charge on any atom is -0.465 e. The first kappa shape index (κ1) is 18.2. The first-order valence-electron chi connectivity index (χ1n) is 7.20. The third kappa shape index (κ3) is 5.20. The number of carbonyl (C=O) groups excluding carboxylic acids is 2. The third-order valence-electron chi connectivity index (χ3n) is 2.87. The molecule has 0 aliphatic rings. The second kappa shape index (κ2) is 8.65. The molecule has 0 fully saturated rings. The second-order valence-electron chi connectivity index (χ2n) is 4.87. The van der Waals surface area contributed by atoms with Crippen molar-refractivity contribution in [3.05, 3.63) is 29.8 Å². The van der Waals surface area contributed by atoms with Gasteiger partial charge in [0.1, 0.15) is 0 Å². The van der Waals surface area contributed by atoms with Gasteiger partial charge in [-0.05, 0) is 25.1 Å². The van der Waals surface area contributed by atoms with Crippen LogP contribution in [0.15, 0.2) is 28.6 Å². The number of nitrogens with zero attached hydrogens (tertiary/aromatic N) is 3. The molecule has 0 atom stereocenters. The Labute approximate surface area is 148 Å². The number of esters is 1. The van der Waals surface area contributed by atoms with Crippen molar-refractivity contribution in [1.82, 2.24) is 10.2 Å². The number of anilines is 2. The van der Waals surface area contributed by atoms with Gasteiger partial charge in [0.05, 0.1) is 12.4 Å². The Hall–Kier alpha value is -2.13. The molecule has 9 heteroatoms. The van der Waals surface area contributed by atoms with Crippen LogP contribution < -0.4 is 10.2 Å². The zero-order valence-electron chi connectivity index (χ0n) is 13.6. The highest BCUT2D eigenvalue weighted by molar-refractivity contribution is 8.01. The number of hydrogen-bond donors (Lipinski definition) is 1. The van der Waals surface area contributed by atoms with E-state index in [1.54, 1.807) is 19.1 Å². The van der Waals surface area contributed by atoms with Crippen LogP contribution >= 0.6 is 23.1 Å². The molecular weight excluding hydrogens is 348 g/mol. The van der Waals surface area contributed by atoms with E-state index in [9.17, 15) is 9.59 Å². The summed E-state index contributed by atoms with van der Waals surface area (Å²) in [6.45, 7) is 2.11. The first-order chi connectivity index (χ1) is 11.5. The number of nitrogens with one attached hydrogen (secondary N) is 1. The maximum absolute atomic E-state index is 12.3. The summed E-state index contributed by atoms with van der Waals surface area (Å²) in [4.78, 5) is 25.5. The smallest absolute Gasteiger partial charge is 0.316 e. The van der Waals surface area contributed by atoms with Gasteiger partial charge in [0, 0.05) is 25.3 Å². The van der Waals surface area contributed by atoms with E-state index in [2.05, 4.69) is 15.5 Å². The molecule has 2 aromatic rings. The monoisotopic (exact) mass is 366 g/mol. The molecule has 1 aromatic carbocycles. The molecule has 0 saturated heterocycles. The minimum absolute atomic E-state index is 0.168. The topological polar surface area (TPSA) is 84.4 Å². The first-order valence-corrected chi connectivity index (χ1v) is 9.00. The molecule has 7 nitrogen and oxygen atoms in total. The normalized spacial score (nSPS) is 10.3. The molecule has 1 N–H and O–H groups in total. The summed E-state index contributed by atoms with van der Waals surface area (Å²) in [5.41, 5.74) is 1.47. The van der Waals surface area contributed by atoms with Crippen LogP contribution in [0, 0.1) is 0 Å². The summed E-state index contributed by atoms with van der Waals surface area (Å²) in [5.74, 6) is -0.387. The number of rotatable bonds is 7. The predicted molar refractivity (Wildman–Crippen MR) is 96.0 cm³/mol. The van der Waals surface area contributed by atoms with E-state index in [0.29, 0.717) is 21.6 Å². The Morgan fingerprint density at radius 1 is 1.33 bits per heavy atom. The number of hydrogen-bond acceptors (Lipinski definition) is 8. The van der Waals surface area contributed by atoms with Crippen LogP contribution in [-0.4, -0.2) is 48.5 Å². The quantitative estimate of drug-likeness (QED) is 0.458. The highest BCUT2D eigenvalue weighted by atomic mass is 32.2. The number of aromatic nitrogens is 2. The van der Waals surface area contributed by atoms with Gasteiger partial charge >= 0.3 is 5.97 Å². The van der Waals surface area contributed by atoms with Crippen LogP contribution in [0.3, 0.4) is 0 Å². The van der Waals surface area contributed by atoms with E-state index in [-0.39, 0.29) is 17.6 Å². The maximum atomic E-state index is 12.3. The van der Waals surface area contributed by atoms with E-state index >= 15 is 0 Å². The average Bonchev–Trinajstić information content (AvgIpc) is 3.01. The molecule has 0 saturated carbocycles. The lowest BCUT2D eigenvalue weighted by atomic mass is 10.2. The molecule has 0 aliphatic carbocycles. The van der Waals surface area contributed by atoms with E-state index in [0.717, 1.165) is 5.69 Å². The van der Waals surface area contributed by atoms with Crippen molar-refractivity contribution in [2.75, 3.05) is 36.7 Å². The zero-order valence-corrected chi connectivity index (χ0v) is 15.2. The Balaban J connectivity index is 1.95. The van der Waals surface area contributed by atoms with Crippen molar-refractivity contribution in [1.29, 1.82) is 0 Å². The van der Waals surface area contributed by atoms with Gasteiger partial charge in [-0.25, -0.2) is 0 Å². The summed E-state index contributed by atoms with van der Waals surface area (Å²) in [6.07, 6.45) is 0. The standard InChI is InChI=1S/C15H18N4O3S2/c1-4-22-12(20)9-23-15-18-17-14(24-15)16-13(21)10-6-5-7-11(8-10)19(2)3/h5-8H,4,9H2,1-3H3,(H,16,17,21). The van der Waals surface area contributed by atoms with Crippen molar-refractivity contribution in [3.8, 4) is 0 Å². The number of amides is 1. The summed E-state index contributed by atoms with van der Waals surface area (Å²) in [6, 6.07) is 7.28. The van der Waals surface area contributed by atoms with Crippen LogP contribution in [0.2, 0.25) is 0 Å². The van der Waals surface area contributed by atoms with Crippen molar-refractivity contribution in [2.24, 2.45) is 0 Å². The minimum atomic E-state index is -0.302. The molecule has 0 radical (unpaired) electrons. The molecule has 0 spiro atoms. The van der Waals surface area contributed by atoms with Gasteiger partial charge in [0.2, 0.25) is 5.13 Å². The van der Waals surface area contributed by atoms with Crippen molar-refractivity contribution in [3.63, 3.8) is 0 Å². The Bertz CT molecular complexity index is 718. The number of benzene rings is 1. The van der Waals surface area contributed by atoms with Crippen LogP contribution in [0.1, 0.15) is 17.3 Å². The fourth-order valence-electron chi connectivity index (χ4n) is 1.74. The number of ether oxygens (including phenoxy) is 1. The number of thioether (sulfide) groups is 1. The fourth-order valence-corrected chi connectivity index (χ4v) is 3.28. The van der Waals surface area contributed by atoms with Gasteiger partial charge < -0.3 is 9.64 Å². The molecule has 1 heterocycles. The Morgan fingerprint density at radius 2 is 2.12 bits per heavy atom. The van der Waals surface area contributed by atoms with E-state index in [4.69, 9.17) is 4.74 Å². The van der Waals surface area contributed by atoms with Crippen LogP contribution in [0.5, 0.6) is 0 Å². The summed E-state index contributed by atoms with van der Waals surface area (Å²) in [7, 11) is 3.82. The highest BCUT2D eigenvalue weighted by Gasteiger charge is 2.12. The summed E-state index contributed by atoms with van der Waals surface area (Å²) >= 11 is 2.45. The van der Waals surface area contributed by atoms with Gasteiger partial charge in [-0.2, -0.15) is 0 Å². The average molecular weight is 366 g/mol. The van der Waals surface area contributed by atoms with Crippen molar-refractivity contribution >= 4 is 45.8 Å². The van der Waals surface area contributed by atoms with Crippen molar-refractivity contribution < 1.29 is 14.3 Å². The predicted octanol–water partition coefficient (Wildman–Crippen LogP) is 2.51. The van der Waals surface area contributed by atoms with E-state index in [1.165, 1.54) is 23.1 Å². The lowest BCUT2D eigenvalue weighted by molar-refractivity contribution is -0.139. The highest BCUT2D eigenvalue weighted by Crippen LogP contribution is 2.26. The fraction of sp³-hybridized carbons (Fsp3) is 0.333. The maximum Gasteiger partial charge on any atom is 0.316 e. The zero-order chi connectivity index (χ0) is 17.5. The van der Waals surface area contributed by atoms with E-state index < -0.39 is 0 Å². The van der Waals surface area contributed by atoms with E-state index in [1.807, 2.05) is 31.1 Å². The van der Waals surface area contributed by atoms with Crippen LogP contribution in [0.25, 0.3) is 0 Å². The third-order valence-corrected chi connectivity index (χ3v) is 4.82. The second-order valence-corrected chi connectivity index (χ2v) is 7.07. The lowest BCUT2D eigenvalue weighted by Gasteiger charge is -2.13. The molecular formula is C15H18N4O3S2. The van der Waals surface area contributed by atoms with Crippen LogP contribution in [-0.2, 0) is 9.53 Å². The molecule has 1 amide bonds. The van der Waals surface area contributed by atoms with Crippen LogP contribution in [0.4, 0.5) is 10.8 Å².